The molecule has 4 nitrogen and oxygen atoms in total. The molecule has 0 aromatic rings. The molecule has 2 aliphatic rings. The van der Waals surface area contributed by atoms with Crippen LogP contribution in [0.25, 0.3) is 0 Å². The van der Waals surface area contributed by atoms with Gasteiger partial charge in [-0.05, 0) is 57.9 Å². The Morgan fingerprint density at radius 1 is 1.24 bits per heavy atom. The predicted molar refractivity (Wildman–Crippen MR) is 85.2 cm³/mol. The minimum atomic E-state index is -0.490. The summed E-state index contributed by atoms with van der Waals surface area (Å²) in [6, 6.07) is 0.562. The number of rotatable bonds is 7. The van der Waals surface area contributed by atoms with E-state index in [-0.39, 0.29) is 5.97 Å². The van der Waals surface area contributed by atoms with Crippen LogP contribution in [0.4, 0.5) is 0 Å². The van der Waals surface area contributed by atoms with Gasteiger partial charge in [-0.3, -0.25) is 4.90 Å². The van der Waals surface area contributed by atoms with E-state index in [2.05, 4.69) is 31.0 Å². The van der Waals surface area contributed by atoms with E-state index in [9.17, 15) is 4.79 Å². The molecule has 1 saturated heterocycles. The first-order valence-corrected chi connectivity index (χ1v) is 8.69. The summed E-state index contributed by atoms with van der Waals surface area (Å²) in [5, 5.41) is 3.51. The number of carbonyl (C=O) groups excluding carboxylic acids is 1. The number of nitrogens with zero attached hydrogens (tertiary/aromatic N) is 1. The zero-order chi connectivity index (χ0) is 15.5. The molecule has 3 unspecified atom stereocenters. The Kier molecular flexibility index (Phi) is 5.67. The Morgan fingerprint density at radius 2 is 1.95 bits per heavy atom. The van der Waals surface area contributed by atoms with Gasteiger partial charge in [-0.15, -0.1) is 0 Å². The standard InChI is InChI=1S/C17H32N2O2/c1-5-18-17(15-9-10-15,16(20)21-6-2)12-19-11-13(3)7-8-14(19)4/h13-15,18H,5-12H2,1-4H3. The lowest BCUT2D eigenvalue weighted by atomic mass is 9.88. The lowest BCUT2D eigenvalue weighted by molar-refractivity contribution is -0.154. The second-order valence-corrected chi connectivity index (χ2v) is 6.96. The maximum Gasteiger partial charge on any atom is 0.327 e. The number of ether oxygens (including phenoxy) is 1. The van der Waals surface area contributed by atoms with Gasteiger partial charge in [-0.2, -0.15) is 0 Å². The molecule has 4 heteroatoms. The van der Waals surface area contributed by atoms with Crippen molar-refractivity contribution in [1.82, 2.24) is 10.2 Å². The highest BCUT2D eigenvalue weighted by atomic mass is 16.5. The van der Waals surface area contributed by atoms with E-state index in [0.29, 0.717) is 18.6 Å². The third-order valence-corrected chi connectivity index (χ3v) is 5.11. The van der Waals surface area contributed by atoms with Gasteiger partial charge in [0.05, 0.1) is 6.61 Å². The number of piperidine rings is 1. The molecule has 2 fully saturated rings. The van der Waals surface area contributed by atoms with Crippen LogP contribution >= 0.6 is 0 Å². The maximum absolute atomic E-state index is 12.7. The molecule has 21 heavy (non-hydrogen) atoms. The zero-order valence-corrected chi connectivity index (χ0v) is 14.2. The normalized spacial score (nSPS) is 29.9. The van der Waals surface area contributed by atoms with Gasteiger partial charge in [0.25, 0.3) is 0 Å². The molecule has 122 valence electrons. The molecule has 0 spiro atoms. The van der Waals surface area contributed by atoms with Crippen molar-refractivity contribution in [3.05, 3.63) is 0 Å². The van der Waals surface area contributed by atoms with Crippen molar-refractivity contribution in [2.45, 2.75) is 65.0 Å². The van der Waals surface area contributed by atoms with Gasteiger partial charge in [-0.1, -0.05) is 13.8 Å². The van der Waals surface area contributed by atoms with Crippen molar-refractivity contribution in [3.63, 3.8) is 0 Å². The monoisotopic (exact) mass is 296 g/mol. The fourth-order valence-corrected chi connectivity index (χ4v) is 3.70. The van der Waals surface area contributed by atoms with Crippen LogP contribution in [-0.2, 0) is 9.53 Å². The quantitative estimate of drug-likeness (QED) is 0.733. The van der Waals surface area contributed by atoms with Crippen molar-refractivity contribution < 1.29 is 9.53 Å². The topological polar surface area (TPSA) is 41.6 Å². The number of esters is 1. The number of carbonyl (C=O) groups is 1. The summed E-state index contributed by atoms with van der Waals surface area (Å²) in [5.74, 6) is 1.13. The molecule has 0 radical (unpaired) electrons. The van der Waals surface area contributed by atoms with E-state index in [1.807, 2.05) is 6.92 Å². The minimum Gasteiger partial charge on any atom is -0.465 e. The third kappa shape index (κ3) is 3.78. The van der Waals surface area contributed by atoms with Gasteiger partial charge in [0.2, 0.25) is 0 Å². The van der Waals surface area contributed by atoms with E-state index >= 15 is 0 Å². The number of likely N-dealkylation sites (tertiary alicyclic amines) is 1. The second kappa shape index (κ2) is 7.10. The summed E-state index contributed by atoms with van der Waals surface area (Å²) < 4.78 is 5.44. The Morgan fingerprint density at radius 3 is 2.52 bits per heavy atom. The number of hydrogen-bond donors (Lipinski definition) is 1. The Balaban J connectivity index is 2.15. The van der Waals surface area contributed by atoms with E-state index in [1.54, 1.807) is 0 Å². The molecule has 0 aromatic carbocycles. The van der Waals surface area contributed by atoms with Crippen LogP contribution in [0.5, 0.6) is 0 Å². The first-order chi connectivity index (χ1) is 10.0. The fourth-order valence-electron chi connectivity index (χ4n) is 3.70. The van der Waals surface area contributed by atoms with Crippen LogP contribution in [0.3, 0.4) is 0 Å². The Bertz CT molecular complexity index is 357. The molecule has 3 atom stereocenters. The highest BCUT2D eigenvalue weighted by molar-refractivity contribution is 5.82. The number of hydrogen-bond acceptors (Lipinski definition) is 4. The van der Waals surface area contributed by atoms with Crippen molar-refractivity contribution in [2.75, 3.05) is 26.2 Å². The van der Waals surface area contributed by atoms with Crippen LogP contribution in [-0.4, -0.2) is 48.7 Å². The van der Waals surface area contributed by atoms with Gasteiger partial charge >= 0.3 is 5.97 Å². The van der Waals surface area contributed by atoms with Crippen molar-refractivity contribution >= 4 is 5.97 Å². The SMILES string of the molecule is CCNC(CN1CC(C)CCC1C)(C(=O)OCC)C1CC1. The van der Waals surface area contributed by atoms with Crippen LogP contribution in [0.2, 0.25) is 0 Å². The molecular weight excluding hydrogens is 264 g/mol. The average molecular weight is 296 g/mol. The molecule has 1 saturated carbocycles. The van der Waals surface area contributed by atoms with Gasteiger partial charge in [-0.25, -0.2) is 4.79 Å². The van der Waals surface area contributed by atoms with E-state index in [4.69, 9.17) is 4.74 Å². The Labute approximate surface area is 129 Å². The fraction of sp³-hybridized carbons (Fsp3) is 0.941. The van der Waals surface area contributed by atoms with Crippen molar-refractivity contribution in [3.8, 4) is 0 Å². The molecule has 1 aliphatic heterocycles. The molecule has 1 heterocycles. The molecule has 0 aromatic heterocycles. The van der Waals surface area contributed by atoms with Gasteiger partial charge in [0.1, 0.15) is 5.54 Å². The van der Waals surface area contributed by atoms with Crippen LogP contribution in [0, 0.1) is 11.8 Å². The van der Waals surface area contributed by atoms with E-state index in [1.165, 1.54) is 12.8 Å². The van der Waals surface area contributed by atoms with Crippen LogP contribution < -0.4 is 5.32 Å². The summed E-state index contributed by atoms with van der Waals surface area (Å²) >= 11 is 0. The van der Waals surface area contributed by atoms with Crippen LogP contribution in [0.1, 0.15) is 53.4 Å². The minimum absolute atomic E-state index is 0.0419. The van der Waals surface area contributed by atoms with Crippen molar-refractivity contribution in [1.29, 1.82) is 0 Å². The summed E-state index contributed by atoms with van der Waals surface area (Å²) in [6.45, 7) is 11.8. The summed E-state index contributed by atoms with van der Waals surface area (Å²) in [7, 11) is 0. The van der Waals surface area contributed by atoms with Crippen molar-refractivity contribution in [2.24, 2.45) is 11.8 Å². The second-order valence-electron chi connectivity index (χ2n) is 6.96. The molecule has 1 N–H and O–H groups in total. The number of likely N-dealkylation sites (N-methyl/N-ethyl adjacent to an activating group) is 1. The zero-order valence-electron chi connectivity index (χ0n) is 14.2. The molecule has 0 bridgehead atoms. The van der Waals surface area contributed by atoms with Gasteiger partial charge in [0.15, 0.2) is 0 Å². The molecule has 1 aliphatic carbocycles. The van der Waals surface area contributed by atoms with Crippen LogP contribution in [0.15, 0.2) is 0 Å². The smallest absolute Gasteiger partial charge is 0.327 e. The summed E-state index contributed by atoms with van der Waals surface area (Å²) in [5.41, 5.74) is -0.490. The highest BCUT2D eigenvalue weighted by Gasteiger charge is 2.53. The third-order valence-electron chi connectivity index (χ3n) is 5.11. The van der Waals surface area contributed by atoms with Gasteiger partial charge < -0.3 is 10.1 Å². The maximum atomic E-state index is 12.7. The first-order valence-electron chi connectivity index (χ1n) is 8.69. The number of nitrogens with one attached hydrogen (secondary N) is 1. The van der Waals surface area contributed by atoms with E-state index < -0.39 is 5.54 Å². The molecule has 0 amide bonds. The summed E-state index contributed by atoms with van der Waals surface area (Å²) in [4.78, 5) is 15.2. The highest BCUT2D eigenvalue weighted by Crippen LogP contribution is 2.42. The average Bonchev–Trinajstić information content (AvgIpc) is 3.27. The first kappa shape index (κ1) is 16.8. The van der Waals surface area contributed by atoms with Gasteiger partial charge in [0, 0.05) is 19.1 Å². The summed E-state index contributed by atoms with van der Waals surface area (Å²) in [6.07, 6.45) is 4.82. The Hall–Kier alpha value is -0.610. The van der Waals surface area contributed by atoms with E-state index in [0.717, 1.165) is 38.4 Å². The molecule has 2 rings (SSSR count). The predicted octanol–water partition coefficient (Wildman–Crippen LogP) is 2.43. The lowest BCUT2D eigenvalue weighted by Crippen LogP contribution is -2.63. The lowest BCUT2D eigenvalue weighted by Gasteiger charge is -2.43. The molecular formula is C17H32N2O2. The largest absolute Gasteiger partial charge is 0.465 e.